The lowest BCUT2D eigenvalue weighted by Crippen LogP contribution is -2.47. The molecule has 1 amide bonds. The van der Waals surface area contributed by atoms with Crippen LogP contribution in [0.5, 0.6) is 0 Å². The molecule has 0 bridgehead atoms. The van der Waals surface area contributed by atoms with Gasteiger partial charge in [-0.3, -0.25) is 4.79 Å². The second-order valence-corrected chi connectivity index (χ2v) is 10.3. The van der Waals surface area contributed by atoms with Gasteiger partial charge in [0.25, 0.3) is 0 Å². The molecule has 2 N–H and O–H groups in total. The van der Waals surface area contributed by atoms with Gasteiger partial charge in [0.15, 0.2) is 0 Å². The number of thioether (sulfide) groups is 1. The Kier molecular flexibility index (Phi) is 5.75. The minimum atomic E-state index is -3.52. The Bertz CT molecular complexity index is 705. The van der Waals surface area contributed by atoms with Gasteiger partial charge in [-0.1, -0.05) is 0 Å². The molecule has 1 aromatic carbocycles. The van der Waals surface area contributed by atoms with Crippen molar-refractivity contribution in [1.82, 2.24) is 9.21 Å². The maximum atomic E-state index is 12.7. The summed E-state index contributed by atoms with van der Waals surface area (Å²) in [5.41, 5.74) is 6.14. The van der Waals surface area contributed by atoms with Crippen molar-refractivity contribution < 1.29 is 13.2 Å². The molecule has 6 nitrogen and oxygen atoms in total. The zero-order valence-electron chi connectivity index (χ0n) is 13.1. The molecule has 2 saturated heterocycles. The fourth-order valence-electron chi connectivity index (χ4n) is 3.02. The van der Waals surface area contributed by atoms with Crippen LogP contribution < -0.4 is 5.73 Å². The maximum absolute atomic E-state index is 12.7. The second-order valence-electron chi connectivity index (χ2n) is 6.03. The standard InChI is InChI=1S/C15H20IN3O3S2/c16-12-1-3-13(4-2-12)24(21,22)19-6-5-11(9-19)14(17)15(20)18-7-8-23-10-18/h1-4,11,14H,5-10,17H2/t11?,14-/m0/s1. The molecule has 1 aromatic rings. The average Bonchev–Trinajstić information content (AvgIpc) is 3.25. The molecule has 2 fully saturated rings. The Labute approximate surface area is 160 Å². The summed E-state index contributed by atoms with van der Waals surface area (Å²) in [4.78, 5) is 14.5. The lowest BCUT2D eigenvalue weighted by atomic mass is 9.99. The molecular weight excluding hydrogens is 461 g/mol. The van der Waals surface area contributed by atoms with Crippen molar-refractivity contribution in [3.63, 3.8) is 0 Å². The number of carbonyl (C=O) groups excluding carboxylic acids is 1. The first-order valence-corrected chi connectivity index (χ1v) is 11.4. The number of amides is 1. The van der Waals surface area contributed by atoms with E-state index >= 15 is 0 Å². The molecule has 0 aliphatic carbocycles. The van der Waals surface area contributed by atoms with Crippen LogP contribution in [0.1, 0.15) is 6.42 Å². The summed E-state index contributed by atoms with van der Waals surface area (Å²) in [6.45, 7) is 1.45. The molecule has 2 aliphatic rings. The highest BCUT2D eigenvalue weighted by atomic mass is 127. The van der Waals surface area contributed by atoms with Crippen LogP contribution >= 0.6 is 34.4 Å². The SMILES string of the molecule is N[C@H](C(=O)N1CCSC1)C1CCN(S(=O)(=O)c2ccc(I)cc2)C1. The van der Waals surface area contributed by atoms with Crippen LogP contribution in [0.25, 0.3) is 0 Å². The number of benzene rings is 1. The van der Waals surface area contributed by atoms with E-state index in [2.05, 4.69) is 22.6 Å². The highest BCUT2D eigenvalue weighted by Gasteiger charge is 2.38. The van der Waals surface area contributed by atoms with Gasteiger partial charge in [0, 0.05) is 29.0 Å². The van der Waals surface area contributed by atoms with E-state index in [-0.39, 0.29) is 11.8 Å². The third-order valence-electron chi connectivity index (χ3n) is 4.50. The molecule has 0 radical (unpaired) electrons. The first kappa shape index (κ1) is 18.4. The molecule has 132 valence electrons. The smallest absolute Gasteiger partial charge is 0.243 e. The lowest BCUT2D eigenvalue weighted by molar-refractivity contribution is -0.132. The average molecular weight is 481 g/mol. The number of carbonyl (C=O) groups is 1. The van der Waals surface area contributed by atoms with Crippen LogP contribution in [0.4, 0.5) is 0 Å². The van der Waals surface area contributed by atoms with Crippen LogP contribution in [-0.2, 0) is 14.8 Å². The third-order valence-corrected chi connectivity index (χ3v) is 8.06. The van der Waals surface area contributed by atoms with Gasteiger partial charge in [-0.2, -0.15) is 4.31 Å². The molecule has 0 saturated carbocycles. The molecule has 1 unspecified atom stereocenters. The highest BCUT2D eigenvalue weighted by Crippen LogP contribution is 2.27. The lowest BCUT2D eigenvalue weighted by Gasteiger charge is -2.24. The Morgan fingerprint density at radius 2 is 2.00 bits per heavy atom. The van der Waals surface area contributed by atoms with Gasteiger partial charge in [0.05, 0.1) is 16.8 Å². The second kappa shape index (κ2) is 7.48. The van der Waals surface area contributed by atoms with E-state index in [4.69, 9.17) is 5.73 Å². The van der Waals surface area contributed by atoms with E-state index in [1.165, 1.54) is 4.31 Å². The third kappa shape index (κ3) is 3.74. The van der Waals surface area contributed by atoms with Gasteiger partial charge in [-0.15, -0.1) is 11.8 Å². The summed E-state index contributed by atoms with van der Waals surface area (Å²) in [7, 11) is -3.52. The first-order chi connectivity index (χ1) is 11.4. The Hall–Kier alpha value is -0.360. The van der Waals surface area contributed by atoms with Gasteiger partial charge in [0.1, 0.15) is 0 Å². The largest absolute Gasteiger partial charge is 0.331 e. The van der Waals surface area contributed by atoms with E-state index in [0.29, 0.717) is 30.3 Å². The van der Waals surface area contributed by atoms with E-state index < -0.39 is 16.1 Å². The zero-order chi connectivity index (χ0) is 17.3. The van der Waals surface area contributed by atoms with Gasteiger partial charge in [-0.25, -0.2) is 8.42 Å². The van der Waals surface area contributed by atoms with Crippen LogP contribution in [0.3, 0.4) is 0 Å². The molecule has 0 aromatic heterocycles. The topological polar surface area (TPSA) is 83.7 Å². The van der Waals surface area contributed by atoms with Crippen LogP contribution in [0.2, 0.25) is 0 Å². The zero-order valence-corrected chi connectivity index (χ0v) is 16.9. The minimum absolute atomic E-state index is 0.0569. The van der Waals surface area contributed by atoms with Crippen molar-refractivity contribution in [2.24, 2.45) is 11.7 Å². The Morgan fingerprint density at radius 3 is 2.62 bits per heavy atom. The molecule has 2 aliphatic heterocycles. The van der Waals surface area contributed by atoms with Crippen LogP contribution in [0, 0.1) is 9.49 Å². The molecule has 3 rings (SSSR count). The first-order valence-electron chi connectivity index (χ1n) is 7.77. The molecule has 2 atom stereocenters. The molecule has 24 heavy (non-hydrogen) atoms. The summed E-state index contributed by atoms with van der Waals surface area (Å²) >= 11 is 3.86. The fraction of sp³-hybridized carbons (Fsp3) is 0.533. The van der Waals surface area contributed by atoms with Crippen molar-refractivity contribution in [1.29, 1.82) is 0 Å². The number of sulfonamides is 1. The monoisotopic (exact) mass is 481 g/mol. The number of rotatable bonds is 4. The Morgan fingerprint density at radius 1 is 1.29 bits per heavy atom. The normalized spacial score (nSPS) is 23.6. The summed E-state index contributed by atoms with van der Waals surface area (Å²) < 4.78 is 27.9. The molecule has 9 heteroatoms. The van der Waals surface area contributed by atoms with Gasteiger partial charge >= 0.3 is 0 Å². The number of hydrogen-bond acceptors (Lipinski definition) is 5. The molecular formula is C15H20IN3O3S2. The minimum Gasteiger partial charge on any atom is -0.331 e. The van der Waals surface area contributed by atoms with Crippen LogP contribution in [-0.4, -0.2) is 60.8 Å². The van der Waals surface area contributed by atoms with Crippen LogP contribution in [0.15, 0.2) is 29.2 Å². The van der Waals surface area contributed by atoms with E-state index in [0.717, 1.165) is 15.9 Å². The van der Waals surface area contributed by atoms with E-state index in [1.54, 1.807) is 40.9 Å². The van der Waals surface area contributed by atoms with Crippen molar-refractivity contribution in [2.45, 2.75) is 17.4 Å². The maximum Gasteiger partial charge on any atom is 0.243 e. The predicted octanol–water partition coefficient (Wildman–Crippen LogP) is 1.16. The highest BCUT2D eigenvalue weighted by molar-refractivity contribution is 14.1. The fourth-order valence-corrected chi connectivity index (χ4v) is 5.85. The summed E-state index contributed by atoms with van der Waals surface area (Å²) in [6, 6.07) is 6.18. The number of hydrogen-bond donors (Lipinski definition) is 1. The molecule has 2 heterocycles. The van der Waals surface area contributed by atoms with Crippen molar-refractivity contribution >= 4 is 50.3 Å². The quantitative estimate of drug-likeness (QED) is 0.653. The summed E-state index contributed by atoms with van der Waals surface area (Å²) in [5, 5.41) is 0. The Balaban J connectivity index is 1.68. The van der Waals surface area contributed by atoms with Gasteiger partial charge < -0.3 is 10.6 Å². The summed E-state index contributed by atoms with van der Waals surface area (Å²) in [6.07, 6.45) is 0.623. The predicted molar refractivity (Wildman–Crippen MR) is 103 cm³/mol. The van der Waals surface area contributed by atoms with E-state index in [1.807, 2.05) is 0 Å². The number of nitrogens with two attached hydrogens (primary N) is 1. The van der Waals surface area contributed by atoms with Crippen molar-refractivity contribution in [3.8, 4) is 0 Å². The van der Waals surface area contributed by atoms with E-state index in [9.17, 15) is 13.2 Å². The number of halogens is 1. The van der Waals surface area contributed by atoms with Crippen molar-refractivity contribution in [3.05, 3.63) is 27.8 Å². The van der Waals surface area contributed by atoms with Crippen molar-refractivity contribution in [2.75, 3.05) is 31.3 Å². The number of nitrogens with zero attached hydrogens (tertiary/aromatic N) is 2. The molecule has 0 spiro atoms. The summed E-state index contributed by atoms with van der Waals surface area (Å²) in [5.74, 6) is 1.45. The van der Waals surface area contributed by atoms with Gasteiger partial charge in [0.2, 0.25) is 15.9 Å². The van der Waals surface area contributed by atoms with Gasteiger partial charge in [-0.05, 0) is 59.2 Å².